The maximum atomic E-state index is 14.0. The van der Waals surface area contributed by atoms with Crippen molar-refractivity contribution in [2.24, 2.45) is 0 Å². The van der Waals surface area contributed by atoms with Crippen molar-refractivity contribution in [1.82, 2.24) is 29.4 Å². The smallest absolute Gasteiger partial charge is 0.378 e. The van der Waals surface area contributed by atoms with E-state index in [1.165, 1.54) is 19.4 Å². The molecular formula is C29H30F3N7O2. The topological polar surface area (TPSA) is 91.0 Å². The van der Waals surface area contributed by atoms with Crippen LogP contribution >= 0.6 is 0 Å². The largest absolute Gasteiger partial charge is 0.416 e. The van der Waals surface area contributed by atoms with Crippen LogP contribution in [-0.4, -0.2) is 74.8 Å². The number of fused-ring (bicyclic) bond motifs is 1. The first-order chi connectivity index (χ1) is 19.7. The number of rotatable bonds is 7. The van der Waals surface area contributed by atoms with Crippen molar-refractivity contribution in [2.45, 2.75) is 25.6 Å². The first kappa shape index (κ1) is 28.5. The zero-order valence-corrected chi connectivity index (χ0v) is 22.7. The van der Waals surface area contributed by atoms with Crippen LogP contribution < -0.4 is 5.32 Å². The van der Waals surface area contributed by atoms with E-state index in [4.69, 9.17) is 4.74 Å². The monoisotopic (exact) mass is 565 g/mol. The molecule has 1 atom stereocenters. The van der Waals surface area contributed by atoms with E-state index < -0.39 is 18.0 Å². The highest BCUT2D eigenvalue weighted by Gasteiger charge is 2.34. The van der Waals surface area contributed by atoms with Crippen molar-refractivity contribution in [1.29, 1.82) is 0 Å². The Kier molecular flexibility index (Phi) is 8.51. The second kappa shape index (κ2) is 12.2. The van der Waals surface area contributed by atoms with Crippen LogP contribution in [0.2, 0.25) is 0 Å². The molecule has 1 unspecified atom stereocenters. The van der Waals surface area contributed by atoms with E-state index in [9.17, 15) is 18.3 Å². The average Bonchev–Trinajstić information content (AvgIpc) is 3.37. The van der Waals surface area contributed by atoms with Crippen molar-refractivity contribution < 1.29 is 23.0 Å². The second-order valence-corrected chi connectivity index (χ2v) is 9.88. The lowest BCUT2D eigenvalue weighted by atomic mass is 10.0. The van der Waals surface area contributed by atoms with Gasteiger partial charge in [0.05, 0.1) is 24.1 Å². The number of nitrogens with zero attached hydrogens (tertiary/aromatic N) is 6. The molecule has 1 aliphatic rings. The highest BCUT2D eigenvalue weighted by molar-refractivity contribution is 5.52. The Labute approximate surface area is 235 Å². The summed E-state index contributed by atoms with van der Waals surface area (Å²) in [5.41, 5.74) is 2.19. The highest BCUT2D eigenvalue weighted by Crippen LogP contribution is 2.35. The fraction of sp³-hybridized carbons (Fsp3) is 0.345. The molecule has 0 radical (unpaired) electrons. The Hall–Kier alpha value is -4.02. The number of nitrogens with one attached hydrogen (secondary N) is 1. The van der Waals surface area contributed by atoms with E-state index in [-0.39, 0.29) is 24.4 Å². The van der Waals surface area contributed by atoms with Gasteiger partial charge in [-0.2, -0.15) is 18.3 Å². The summed E-state index contributed by atoms with van der Waals surface area (Å²) in [4.78, 5) is 12.8. The Morgan fingerprint density at radius 1 is 1.07 bits per heavy atom. The van der Waals surface area contributed by atoms with E-state index in [2.05, 4.69) is 37.1 Å². The fourth-order valence-corrected chi connectivity index (χ4v) is 4.62. The summed E-state index contributed by atoms with van der Waals surface area (Å²) >= 11 is 0. The average molecular weight is 566 g/mol. The Balaban J connectivity index is 1.38. The van der Waals surface area contributed by atoms with Gasteiger partial charge in [-0.3, -0.25) is 9.88 Å². The van der Waals surface area contributed by atoms with Crippen LogP contribution in [-0.2, 0) is 24.1 Å². The predicted molar refractivity (Wildman–Crippen MR) is 147 cm³/mol. The van der Waals surface area contributed by atoms with Crippen molar-refractivity contribution in [3.8, 4) is 11.8 Å². The number of pyridine rings is 1. The fourth-order valence-electron chi connectivity index (χ4n) is 4.62. The number of hydrogen-bond acceptors (Lipinski definition) is 8. The van der Waals surface area contributed by atoms with Crippen molar-refractivity contribution in [2.75, 3.05) is 45.7 Å². The van der Waals surface area contributed by atoms with Crippen LogP contribution in [0.3, 0.4) is 0 Å². The zero-order chi connectivity index (χ0) is 29.0. The van der Waals surface area contributed by atoms with Crippen molar-refractivity contribution in [3.05, 3.63) is 88.6 Å². The van der Waals surface area contributed by atoms with Crippen molar-refractivity contribution in [3.63, 3.8) is 0 Å². The second-order valence-electron chi connectivity index (χ2n) is 9.88. The number of aliphatic hydroxyl groups is 1. The molecule has 9 nitrogen and oxygen atoms in total. The molecule has 41 heavy (non-hydrogen) atoms. The van der Waals surface area contributed by atoms with Gasteiger partial charge in [-0.15, -0.1) is 0 Å². The normalized spacial score (nSPS) is 15.5. The molecule has 2 N–H and O–H groups in total. The number of imidazole rings is 1. The Morgan fingerprint density at radius 2 is 1.88 bits per heavy atom. The van der Waals surface area contributed by atoms with Gasteiger partial charge in [-0.25, -0.2) is 9.50 Å². The standard InChI is InChI=1S/C29H30F3N7O2/c1-37-10-12-38(13-11-37)18-21-5-7-23(15-25(21)29(30,31)32)36-28(40)22-14-20(26(19-41-2)33-16-22)6-8-24-17-34-27-4-3-9-35-39(24)27/h3-5,7,9,14-17,28,36,40H,10-13,18-19H2,1-2H3. The van der Waals surface area contributed by atoms with Gasteiger partial charge < -0.3 is 20.1 Å². The highest BCUT2D eigenvalue weighted by atomic mass is 19.4. The van der Waals surface area contributed by atoms with Crippen molar-refractivity contribution >= 4 is 11.3 Å². The maximum absolute atomic E-state index is 14.0. The van der Waals surface area contributed by atoms with E-state index >= 15 is 0 Å². The third-order valence-corrected chi connectivity index (χ3v) is 6.90. The first-order valence-corrected chi connectivity index (χ1v) is 13.1. The number of alkyl halides is 3. The Bertz CT molecular complexity index is 1570. The minimum Gasteiger partial charge on any atom is -0.378 e. The molecule has 1 fully saturated rings. The molecule has 0 aliphatic carbocycles. The molecule has 4 aromatic rings. The quantitative estimate of drug-likeness (QED) is 0.260. The summed E-state index contributed by atoms with van der Waals surface area (Å²) in [6.45, 7) is 3.43. The van der Waals surface area contributed by atoms with Crippen LogP contribution in [0.25, 0.3) is 5.65 Å². The lowest BCUT2D eigenvalue weighted by Gasteiger charge is -2.33. The van der Waals surface area contributed by atoms with Gasteiger partial charge in [0.25, 0.3) is 0 Å². The third-order valence-electron chi connectivity index (χ3n) is 6.90. The summed E-state index contributed by atoms with van der Waals surface area (Å²) in [5, 5.41) is 17.9. The number of halogens is 3. The summed E-state index contributed by atoms with van der Waals surface area (Å²) in [6.07, 6.45) is -1.20. The SMILES string of the molecule is COCc1ncc(C(O)Nc2ccc(CN3CCN(C)CC3)c(C(F)(F)F)c2)cc1C#Cc1cnc2cccnn12. The van der Waals surface area contributed by atoms with Gasteiger partial charge in [0, 0.05) is 69.0 Å². The molecule has 0 amide bonds. The molecular weight excluding hydrogens is 535 g/mol. The lowest BCUT2D eigenvalue weighted by Crippen LogP contribution is -2.44. The first-order valence-electron chi connectivity index (χ1n) is 13.1. The number of methoxy groups -OCH3 is 1. The Morgan fingerprint density at radius 3 is 2.63 bits per heavy atom. The summed E-state index contributed by atoms with van der Waals surface area (Å²) in [5.74, 6) is 6.06. The molecule has 1 aliphatic heterocycles. The molecule has 0 saturated carbocycles. The minimum atomic E-state index is -4.54. The van der Waals surface area contributed by atoms with Gasteiger partial charge in [0.2, 0.25) is 0 Å². The number of ether oxygens (including phenoxy) is 1. The number of likely N-dealkylation sites (N-methyl/N-ethyl adjacent to an activating group) is 1. The summed E-state index contributed by atoms with van der Waals surface area (Å²) < 4.78 is 48.9. The molecule has 4 heterocycles. The van der Waals surface area contributed by atoms with Gasteiger partial charge in [0.15, 0.2) is 11.9 Å². The van der Waals surface area contributed by atoms with E-state index in [0.29, 0.717) is 41.3 Å². The van der Waals surface area contributed by atoms with E-state index in [1.54, 1.807) is 35.1 Å². The number of aliphatic hydroxyl groups excluding tert-OH is 1. The molecule has 1 aromatic carbocycles. The van der Waals surface area contributed by atoms with Gasteiger partial charge in [0.1, 0.15) is 5.69 Å². The lowest BCUT2D eigenvalue weighted by molar-refractivity contribution is -0.138. The number of anilines is 1. The molecule has 3 aromatic heterocycles. The molecule has 214 valence electrons. The summed E-state index contributed by atoms with van der Waals surface area (Å²) in [6, 6.07) is 9.28. The summed E-state index contributed by atoms with van der Waals surface area (Å²) in [7, 11) is 3.53. The number of hydrogen-bond donors (Lipinski definition) is 2. The molecule has 0 bridgehead atoms. The molecule has 1 saturated heterocycles. The number of piperazine rings is 1. The van der Waals surface area contributed by atoms with Crippen LogP contribution in [0.15, 0.2) is 55.0 Å². The minimum absolute atomic E-state index is 0.136. The van der Waals surface area contributed by atoms with Crippen LogP contribution in [0.5, 0.6) is 0 Å². The third kappa shape index (κ3) is 6.83. The van der Waals surface area contributed by atoms with E-state index in [0.717, 1.165) is 19.2 Å². The molecule has 5 rings (SSSR count). The van der Waals surface area contributed by atoms with Gasteiger partial charge in [-0.1, -0.05) is 12.0 Å². The van der Waals surface area contributed by atoms with Crippen LogP contribution in [0.4, 0.5) is 18.9 Å². The van der Waals surface area contributed by atoms with E-state index in [1.807, 2.05) is 18.0 Å². The van der Waals surface area contributed by atoms with Crippen LogP contribution in [0, 0.1) is 11.8 Å². The molecule has 12 heteroatoms. The predicted octanol–water partition coefficient (Wildman–Crippen LogP) is 3.54. The van der Waals surface area contributed by atoms with Gasteiger partial charge >= 0.3 is 6.18 Å². The number of aromatic nitrogens is 4. The molecule has 0 spiro atoms. The van der Waals surface area contributed by atoms with Gasteiger partial charge in [-0.05, 0) is 48.9 Å². The zero-order valence-electron chi connectivity index (χ0n) is 22.7. The maximum Gasteiger partial charge on any atom is 0.416 e. The number of benzene rings is 1. The van der Waals surface area contributed by atoms with Crippen LogP contribution in [0.1, 0.15) is 39.9 Å².